The van der Waals surface area contributed by atoms with E-state index in [2.05, 4.69) is 44.3 Å². The molecule has 1 aromatic rings. The molecule has 18 heavy (non-hydrogen) atoms. The zero-order chi connectivity index (χ0) is 13.7. The monoisotopic (exact) mass is 249 g/mol. The normalized spacial score (nSPS) is 12.7. The lowest BCUT2D eigenvalue weighted by Crippen LogP contribution is -2.19. The van der Waals surface area contributed by atoms with Gasteiger partial charge in [0.2, 0.25) is 0 Å². The smallest absolute Gasteiger partial charge is 0.303 e. The molecule has 1 aromatic carbocycles. The summed E-state index contributed by atoms with van der Waals surface area (Å²) in [6.07, 6.45) is 0.811. The molecule has 0 fully saturated rings. The Morgan fingerprint density at radius 3 is 2.56 bits per heavy atom. The minimum Gasteiger partial charge on any atom is -0.481 e. The molecule has 1 rings (SSSR count). The number of hydrogen-bond donors (Lipinski definition) is 2. The lowest BCUT2D eigenvalue weighted by atomic mass is 9.92. The van der Waals surface area contributed by atoms with Crippen LogP contribution in [0.25, 0.3) is 0 Å². The molecule has 0 aliphatic heterocycles. The standard InChI is InChI=1S/C15H23NO2/c1-10(2)12-6-5-11(3)13(9-12)14(16-4)7-8-15(17)18/h5-6,9-10,14,16H,7-8H2,1-4H3,(H,17,18). The molecule has 0 aliphatic rings. The Labute approximate surface area is 109 Å². The number of carboxylic acid groups (broad SMARTS) is 1. The maximum absolute atomic E-state index is 10.7. The highest BCUT2D eigenvalue weighted by Gasteiger charge is 2.14. The fourth-order valence-corrected chi connectivity index (χ4v) is 2.12. The number of aliphatic carboxylic acids is 1. The van der Waals surface area contributed by atoms with E-state index >= 15 is 0 Å². The highest BCUT2D eigenvalue weighted by atomic mass is 16.4. The highest BCUT2D eigenvalue weighted by Crippen LogP contribution is 2.26. The number of nitrogens with one attached hydrogen (secondary N) is 1. The van der Waals surface area contributed by atoms with E-state index in [1.807, 2.05) is 7.05 Å². The Bertz CT molecular complexity index is 413. The maximum atomic E-state index is 10.7. The molecule has 1 atom stereocenters. The van der Waals surface area contributed by atoms with E-state index in [1.54, 1.807) is 0 Å². The third kappa shape index (κ3) is 3.84. The third-order valence-corrected chi connectivity index (χ3v) is 3.34. The van der Waals surface area contributed by atoms with Gasteiger partial charge in [-0.15, -0.1) is 0 Å². The van der Waals surface area contributed by atoms with E-state index in [1.165, 1.54) is 16.7 Å². The first-order chi connectivity index (χ1) is 8.45. The molecular formula is C15H23NO2. The molecule has 0 aliphatic carbocycles. The van der Waals surface area contributed by atoms with Gasteiger partial charge in [-0.25, -0.2) is 0 Å². The number of carbonyl (C=O) groups is 1. The summed E-state index contributed by atoms with van der Waals surface area (Å²) >= 11 is 0. The van der Waals surface area contributed by atoms with Crippen molar-refractivity contribution in [2.75, 3.05) is 7.05 Å². The maximum Gasteiger partial charge on any atom is 0.303 e. The summed E-state index contributed by atoms with van der Waals surface area (Å²) in [5.74, 6) is -0.255. The zero-order valence-electron chi connectivity index (χ0n) is 11.7. The molecule has 0 saturated heterocycles. The summed E-state index contributed by atoms with van der Waals surface area (Å²) in [7, 11) is 1.88. The van der Waals surface area contributed by atoms with Crippen LogP contribution < -0.4 is 5.32 Å². The van der Waals surface area contributed by atoms with E-state index in [9.17, 15) is 4.79 Å². The average molecular weight is 249 g/mol. The lowest BCUT2D eigenvalue weighted by Gasteiger charge is -2.20. The van der Waals surface area contributed by atoms with Gasteiger partial charge < -0.3 is 10.4 Å². The molecule has 0 saturated carbocycles. The molecule has 2 N–H and O–H groups in total. The van der Waals surface area contributed by atoms with Crippen molar-refractivity contribution in [3.05, 3.63) is 34.9 Å². The van der Waals surface area contributed by atoms with Crippen LogP contribution in [-0.2, 0) is 4.79 Å². The Morgan fingerprint density at radius 1 is 1.39 bits per heavy atom. The van der Waals surface area contributed by atoms with Crippen molar-refractivity contribution in [2.45, 2.75) is 45.6 Å². The SMILES string of the molecule is CNC(CCC(=O)O)c1cc(C(C)C)ccc1C. The summed E-state index contributed by atoms with van der Waals surface area (Å²) in [6, 6.07) is 6.58. The Balaban J connectivity index is 2.96. The predicted octanol–water partition coefficient (Wildman–Crippen LogP) is 3.24. The highest BCUT2D eigenvalue weighted by molar-refractivity contribution is 5.66. The first kappa shape index (κ1) is 14.7. The summed E-state index contributed by atoms with van der Waals surface area (Å²) in [6.45, 7) is 6.41. The van der Waals surface area contributed by atoms with Crippen LogP contribution in [0, 0.1) is 6.92 Å². The van der Waals surface area contributed by atoms with Gasteiger partial charge in [-0.2, -0.15) is 0 Å². The Kier molecular flexibility index (Phi) is 5.35. The van der Waals surface area contributed by atoms with Crippen molar-refractivity contribution >= 4 is 5.97 Å². The van der Waals surface area contributed by atoms with Gasteiger partial charge in [0.1, 0.15) is 0 Å². The molecule has 3 heteroatoms. The van der Waals surface area contributed by atoms with Gasteiger partial charge in [0.05, 0.1) is 0 Å². The second-order valence-corrected chi connectivity index (χ2v) is 5.04. The van der Waals surface area contributed by atoms with E-state index in [4.69, 9.17) is 5.11 Å². The second kappa shape index (κ2) is 6.55. The molecule has 3 nitrogen and oxygen atoms in total. The van der Waals surface area contributed by atoms with Gasteiger partial charge in [0.25, 0.3) is 0 Å². The van der Waals surface area contributed by atoms with Gasteiger partial charge in [-0.1, -0.05) is 32.0 Å². The fourth-order valence-electron chi connectivity index (χ4n) is 2.12. The average Bonchev–Trinajstić information content (AvgIpc) is 2.31. The van der Waals surface area contributed by atoms with Gasteiger partial charge >= 0.3 is 5.97 Å². The summed E-state index contributed by atoms with van der Waals surface area (Å²) in [4.78, 5) is 10.7. The van der Waals surface area contributed by atoms with Crippen LogP contribution in [-0.4, -0.2) is 18.1 Å². The van der Waals surface area contributed by atoms with E-state index < -0.39 is 5.97 Å². The molecule has 100 valence electrons. The topological polar surface area (TPSA) is 49.3 Å². The molecular weight excluding hydrogens is 226 g/mol. The van der Waals surface area contributed by atoms with Crippen molar-refractivity contribution < 1.29 is 9.90 Å². The number of hydrogen-bond acceptors (Lipinski definition) is 2. The first-order valence-electron chi connectivity index (χ1n) is 6.45. The van der Waals surface area contributed by atoms with Crippen LogP contribution in [0.15, 0.2) is 18.2 Å². The Morgan fingerprint density at radius 2 is 2.06 bits per heavy atom. The summed E-state index contributed by atoms with van der Waals surface area (Å²) in [5.41, 5.74) is 3.72. The Hall–Kier alpha value is -1.35. The molecule has 0 bridgehead atoms. The van der Waals surface area contributed by atoms with Crippen molar-refractivity contribution in [3.8, 4) is 0 Å². The van der Waals surface area contributed by atoms with Gasteiger partial charge in [0, 0.05) is 12.5 Å². The van der Waals surface area contributed by atoms with Gasteiger partial charge in [0.15, 0.2) is 0 Å². The largest absolute Gasteiger partial charge is 0.481 e. The molecule has 0 aromatic heterocycles. The number of aryl methyl sites for hydroxylation is 1. The quantitative estimate of drug-likeness (QED) is 0.813. The first-order valence-corrected chi connectivity index (χ1v) is 6.45. The van der Waals surface area contributed by atoms with Gasteiger partial charge in [-0.3, -0.25) is 4.79 Å². The van der Waals surface area contributed by atoms with E-state index in [0.29, 0.717) is 12.3 Å². The van der Waals surface area contributed by atoms with E-state index in [0.717, 1.165) is 0 Å². The van der Waals surface area contributed by atoms with Crippen LogP contribution >= 0.6 is 0 Å². The summed E-state index contributed by atoms with van der Waals surface area (Å²) in [5, 5.41) is 12.0. The predicted molar refractivity (Wildman–Crippen MR) is 73.9 cm³/mol. The van der Waals surface area contributed by atoms with Crippen LogP contribution in [0.4, 0.5) is 0 Å². The molecule has 1 unspecified atom stereocenters. The lowest BCUT2D eigenvalue weighted by molar-refractivity contribution is -0.137. The number of benzene rings is 1. The van der Waals surface area contributed by atoms with Gasteiger partial charge in [-0.05, 0) is 43.0 Å². The van der Waals surface area contributed by atoms with Crippen LogP contribution in [0.5, 0.6) is 0 Å². The molecule has 0 radical (unpaired) electrons. The number of rotatable bonds is 6. The van der Waals surface area contributed by atoms with Crippen LogP contribution in [0.3, 0.4) is 0 Å². The molecule has 0 heterocycles. The third-order valence-electron chi connectivity index (χ3n) is 3.34. The second-order valence-electron chi connectivity index (χ2n) is 5.04. The molecule has 0 spiro atoms. The van der Waals surface area contributed by atoms with E-state index in [-0.39, 0.29) is 12.5 Å². The van der Waals surface area contributed by atoms with Crippen LogP contribution in [0.2, 0.25) is 0 Å². The molecule has 0 amide bonds. The zero-order valence-corrected chi connectivity index (χ0v) is 11.7. The van der Waals surface area contributed by atoms with Crippen molar-refractivity contribution in [1.29, 1.82) is 0 Å². The minimum atomic E-state index is -0.743. The summed E-state index contributed by atoms with van der Waals surface area (Å²) < 4.78 is 0. The van der Waals surface area contributed by atoms with Crippen LogP contribution in [0.1, 0.15) is 55.3 Å². The minimum absolute atomic E-state index is 0.111. The van der Waals surface area contributed by atoms with Crippen molar-refractivity contribution in [1.82, 2.24) is 5.32 Å². The van der Waals surface area contributed by atoms with Crippen molar-refractivity contribution in [3.63, 3.8) is 0 Å². The van der Waals surface area contributed by atoms with Crippen molar-refractivity contribution in [2.24, 2.45) is 0 Å². The number of carboxylic acids is 1. The fraction of sp³-hybridized carbons (Fsp3) is 0.533.